The lowest BCUT2D eigenvalue weighted by Crippen LogP contribution is -2.28. The summed E-state index contributed by atoms with van der Waals surface area (Å²) in [6, 6.07) is 14.7. The normalized spacial score (nSPS) is 11.7. The van der Waals surface area contributed by atoms with Crippen molar-refractivity contribution in [3.8, 4) is 22.9 Å². The van der Waals surface area contributed by atoms with E-state index in [1.165, 1.54) is 49.6 Å². The van der Waals surface area contributed by atoms with Crippen LogP contribution in [0.5, 0.6) is 11.6 Å². The van der Waals surface area contributed by atoms with Crippen molar-refractivity contribution >= 4 is 27.2 Å². The van der Waals surface area contributed by atoms with E-state index in [0.29, 0.717) is 34.2 Å². The van der Waals surface area contributed by atoms with E-state index in [-0.39, 0.29) is 18.0 Å². The Kier molecular flexibility index (Phi) is 7.71. The lowest BCUT2D eigenvalue weighted by atomic mass is 10.1. The van der Waals surface area contributed by atoms with Crippen LogP contribution in [0.1, 0.15) is 5.56 Å². The number of nitrogens with zero attached hydrogens (tertiary/aromatic N) is 2. The predicted octanol–water partition coefficient (Wildman–Crippen LogP) is 5.25. The number of sulfonamides is 1. The van der Waals surface area contributed by atoms with Crippen molar-refractivity contribution in [2.75, 3.05) is 22.9 Å². The summed E-state index contributed by atoms with van der Waals surface area (Å²) in [5, 5.41) is 10.1. The van der Waals surface area contributed by atoms with Gasteiger partial charge >= 0.3 is 6.18 Å². The van der Waals surface area contributed by atoms with Crippen LogP contribution in [0.4, 0.5) is 34.8 Å². The molecular weight excluding hydrogens is 530 g/mol. The SMILES string of the molecule is COc1ccc(Nc2cc(-c3ccc(NS(=O)(=O)CC(F)(F)F)c(OCc4ccc(F)cc4)c3)[nH]n2)cn1. The third-order valence-electron chi connectivity index (χ3n) is 5.02. The van der Waals surface area contributed by atoms with Gasteiger partial charge < -0.3 is 14.8 Å². The molecule has 0 unspecified atom stereocenters. The van der Waals surface area contributed by atoms with Crippen LogP contribution < -0.4 is 19.5 Å². The summed E-state index contributed by atoms with van der Waals surface area (Å²) in [6.45, 7) is -0.0992. The number of alkyl halides is 3. The highest BCUT2D eigenvalue weighted by molar-refractivity contribution is 7.92. The number of aromatic amines is 1. The minimum absolute atomic E-state index is 0.0407. The Bertz CT molecular complexity index is 1490. The zero-order valence-corrected chi connectivity index (χ0v) is 20.5. The van der Waals surface area contributed by atoms with Crippen LogP contribution in [0, 0.1) is 5.82 Å². The highest BCUT2D eigenvalue weighted by Crippen LogP contribution is 2.33. The van der Waals surface area contributed by atoms with Crippen LogP contribution in [-0.4, -0.2) is 42.6 Å². The molecule has 2 heterocycles. The van der Waals surface area contributed by atoms with Crippen LogP contribution in [0.15, 0.2) is 66.9 Å². The highest BCUT2D eigenvalue weighted by atomic mass is 32.2. The summed E-state index contributed by atoms with van der Waals surface area (Å²) in [5.74, 6) is -1.67. The minimum Gasteiger partial charge on any atom is -0.487 e. The molecule has 2 aromatic carbocycles. The molecular formula is C24H21F4N5O4S. The molecule has 4 rings (SSSR count). The van der Waals surface area contributed by atoms with Crippen LogP contribution >= 0.6 is 0 Å². The molecule has 0 spiro atoms. The lowest BCUT2D eigenvalue weighted by molar-refractivity contribution is -0.106. The maximum Gasteiger partial charge on any atom is 0.404 e. The number of aromatic nitrogens is 3. The standard InChI is InChI=1S/C24H21F4N5O4S/c1-36-23-9-7-18(12-29-23)30-22-11-20(31-32-22)16-4-8-19(33-38(34,35)14-24(26,27)28)21(10-16)37-13-15-2-5-17(25)6-3-15/h2-12,33H,13-14H2,1H3,(H2,30,31,32). The van der Waals surface area contributed by atoms with Gasteiger partial charge in [0.05, 0.1) is 30.4 Å². The Balaban J connectivity index is 1.59. The van der Waals surface area contributed by atoms with E-state index >= 15 is 0 Å². The lowest BCUT2D eigenvalue weighted by Gasteiger charge is -2.16. The summed E-state index contributed by atoms with van der Waals surface area (Å²) >= 11 is 0. The van der Waals surface area contributed by atoms with Gasteiger partial charge in [0.25, 0.3) is 0 Å². The van der Waals surface area contributed by atoms with Crippen molar-refractivity contribution in [1.82, 2.24) is 15.2 Å². The van der Waals surface area contributed by atoms with Crippen LogP contribution in [0.2, 0.25) is 0 Å². The van der Waals surface area contributed by atoms with Gasteiger partial charge in [-0.15, -0.1) is 0 Å². The maximum absolute atomic E-state index is 13.2. The molecule has 3 N–H and O–H groups in total. The number of nitrogens with one attached hydrogen (secondary N) is 3. The van der Waals surface area contributed by atoms with Crippen LogP contribution in [0.25, 0.3) is 11.3 Å². The number of anilines is 3. The molecule has 0 saturated carbocycles. The Morgan fingerprint density at radius 2 is 1.79 bits per heavy atom. The number of benzene rings is 2. The molecule has 200 valence electrons. The predicted molar refractivity (Wildman–Crippen MR) is 132 cm³/mol. The zero-order chi connectivity index (χ0) is 27.3. The molecule has 2 aromatic heterocycles. The summed E-state index contributed by atoms with van der Waals surface area (Å²) < 4.78 is 88.3. The first-order valence-electron chi connectivity index (χ1n) is 10.9. The first-order valence-corrected chi connectivity index (χ1v) is 12.6. The van der Waals surface area contributed by atoms with Crippen molar-refractivity contribution in [1.29, 1.82) is 0 Å². The van der Waals surface area contributed by atoms with Crippen LogP contribution in [0.3, 0.4) is 0 Å². The molecule has 0 atom stereocenters. The van der Waals surface area contributed by atoms with Crippen LogP contribution in [-0.2, 0) is 16.6 Å². The Morgan fingerprint density at radius 1 is 1.03 bits per heavy atom. The molecule has 14 heteroatoms. The fourth-order valence-corrected chi connectivity index (χ4v) is 4.32. The van der Waals surface area contributed by atoms with Gasteiger partial charge in [-0.1, -0.05) is 18.2 Å². The maximum atomic E-state index is 13.2. The highest BCUT2D eigenvalue weighted by Gasteiger charge is 2.35. The molecule has 0 aliphatic heterocycles. The number of hydrogen-bond acceptors (Lipinski definition) is 7. The molecule has 4 aromatic rings. The van der Waals surface area contributed by atoms with Crippen molar-refractivity contribution in [3.05, 3.63) is 78.2 Å². The van der Waals surface area contributed by atoms with E-state index in [1.807, 2.05) is 4.72 Å². The van der Waals surface area contributed by atoms with Gasteiger partial charge in [-0.2, -0.15) is 18.3 Å². The fourth-order valence-electron chi connectivity index (χ4n) is 3.31. The minimum atomic E-state index is -4.93. The third kappa shape index (κ3) is 7.35. The van der Waals surface area contributed by atoms with Gasteiger partial charge in [-0.05, 0) is 35.9 Å². The van der Waals surface area contributed by atoms with Crippen molar-refractivity contribution in [3.63, 3.8) is 0 Å². The monoisotopic (exact) mass is 551 g/mol. The van der Waals surface area contributed by atoms with Gasteiger partial charge in [0, 0.05) is 17.7 Å². The van der Waals surface area contributed by atoms with Crippen molar-refractivity contribution in [2.45, 2.75) is 12.8 Å². The Hall–Kier alpha value is -4.33. The smallest absolute Gasteiger partial charge is 0.404 e. The molecule has 0 radical (unpaired) electrons. The summed E-state index contributed by atoms with van der Waals surface area (Å²) in [5.41, 5.74) is 2.02. The number of halogens is 4. The topological polar surface area (TPSA) is 118 Å². The summed E-state index contributed by atoms with van der Waals surface area (Å²) in [7, 11) is -3.27. The number of rotatable bonds is 10. The summed E-state index contributed by atoms with van der Waals surface area (Å²) in [4.78, 5) is 4.09. The van der Waals surface area contributed by atoms with Gasteiger partial charge in [0.15, 0.2) is 11.6 Å². The molecule has 9 nitrogen and oxygen atoms in total. The van der Waals surface area contributed by atoms with E-state index in [1.54, 1.807) is 24.4 Å². The Labute approximate surface area is 214 Å². The van der Waals surface area contributed by atoms with Gasteiger partial charge in [-0.3, -0.25) is 9.82 Å². The molecule has 0 saturated heterocycles. The summed E-state index contributed by atoms with van der Waals surface area (Å²) in [6.07, 6.45) is -3.38. The largest absolute Gasteiger partial charge is 0.487 e. The fraction of sp³-hybridized carbons (Fsp3) is 0.167. The second-order valence-corrected chi connectivity index (χ2v) is 9.71. The average molecular weight is 552 g/mol. The second-order valence-electron chi connectivity index (χ2n) is 7.98. The molecule has 0 bridgehead atoms. The Morgan fingerprint density at radius 3 is 2.45 bits per heavy atom. The van der Waals surface area contributed by atoms with Gasteiger partial charge in [-0.25, -0.2) is 17.8 Å². The quantitative estimate of drug-likeness (QED) is 0.231. The first-order chi connectivity index (χ1) is 18.0. The van der Waals surface area contributed by atoms with Crippen molar-refractivity contribution in [2.24, 2.45) is 0 Å². The number of pyridine rings is 1. The molecule has 0 aliphatic carbocycles. The number of methoxy groups -OCH3 is 1. The van der Waals surface area contributed by atoms with E-state index in [2.05, 4.69) is 20.5 Å². The van der Waals surface area contributed by atoms with E-state index < -0.39 is 27.8 Å². The van der Waals surface area contributed by atoms with E-state index in [9.17, 15) is 26.0 Å². The molecule has 0 amide bonds. The number of ether oxygens (including phenoxy) is 2. The number of hydrogen-bond donors (Lipinski definition) is 3. The molecule has 0 aliphatic rings. The van der Waals surface area contributed by atoms with E-state index in [0.717, 1.165) is 0 Å². The number of H-pyrrole nitrogens is 1. The zero-order valence-electron chi connectivity index (χ0n) is 19.7. The molecule has 38 heavy (non-hydrogen) atoms. The average Bonchev–Trinajstić information content (AvgIpc) is 3.31. The molecule has 0 fully saturated rings. The second kappa shape index (κ2) is 11.0. The third-order valence-corrected chi connectivity index (χ3v) is 6.25. The van der Waals surface area contributed by atoms with E-state index in [4.69, 9.17) is 9.47 Å². The van der Waals surface area contributed by atoms with Gasteiger partial charge in [0.2, 0.25) is 15.9 Å². The van der Waals surface area contributed by atoms with Gasteiger partial charge in [0.1, 0.15) is 18.2 Å². The first kappa shape index (κ1) is 26.7. The van der Waals surface area contributed by atoms with Crippen molar-refractivity contribution < 1.29 is 35.5 Å².